The number of rotatable bonds is 2. The van der Waals surface area contributed by atoms with Gasteiger partial charge in [0.2, 0.25) is 0 Å². The summed E-state index contributed by atoms with van der Waals surface area (Å²) in [4.78, 5) is 5.25. The van der Waals surface area contributed by atoms with Crippen LogP contribution in [0.4, 0.5) is 0 Å². The molecular formula is C11H10BrNOS. The average molecular weight is 284 g/mol. The van der Waals surface area contributed by atoms with E-state index in [1.54, 1.807) is 0 Å². The molecule has 0 aliphatic heterocycles. The van der Waals surface area contributed by atoms with Crippen LogP contribution < -0.4 is 0 Å². The van der Waals surface area contributed by atoms with E-state index in [0.29, 0.717) is 0 Å². The Balaban J connectivity index is 2.48. The smallest absolute Gasteiger partial charge is 0.160 e. The molecule has 0 atom stereocenters. The molecule has 1 N–H and O–H groups in total. The fraction of sp³-hybridized carbons (Fsp3) is 0.182. The van der Waals surface area contributed by atoms with Gasteiger partial charge in [0.15, 0.2) is 3.92 Å². The molecule has 0 fully saturated rings. The third-order valence-corrected chi connectivity index (χ3v) is 3.63. The predicted molar refractivity (Wildman–Crippen MR) is 65.9 cm³/mol. The number of aryl methyl sites for hydroxylation is 1. The first-order valence-electron chi connectivity index (χ1n) is 4.54. The topological polar surface area (TPSA) is 33.1 Å². The molecule has 0 unspecified atom stereocenters. The van der Waals surface area contributed by atoms with E-state index in [1.165, 1.54) is 16.9 Å². The van der Waals surface area contributed by atoms with Crippen molar-refractivity contribution < 1.29 is 5.11 Å². The van der Waals surface area contributed by atoms with Crippen LogP contribution >= 0.6 is 27.3 Å². The summed E-state index contributed by atoms with van der Waals surface area (Å²) in [6, 6.07) is 8.14. The molecule has 4 heteroatoms. The highest BCUT2D eigenvalue weighted by Gasteiger charge is 2.10. The quantitative estimate of drug-likeness (QED) is 0.917. The number of nitrogens with zero attached hydrogens (tertiary/aromatic N) is 1. The lowest BCUT2D eigenvalue weighted by Crippen LogP contribution is -1.85. The number of aliphatic hydroxyl groups excluding tert-OH is 1. The summed E-state index contributed by atoms with van der Waals surface area (Å²) >= 11 is 4.80. The van der Waals surface area contributed by atoms with Gasteiger partial charge in [0.1, 0.15) is 0 Å². The van der Waals surface area contributed by atoms with Crippen molar-refractivity contribution >= 4 is 27.3 Å². The van der Waals surface area contributed by atoms with Crippen LogP contribution in [-0.4, -0.2) is 10.1 Å². The lowest BCUT2D eigenvalue weighted by atomic mass is 10.1. The Bertz CT molecular complexity index is 464. The van der Waals surface area contributed by atoms with Crippen LogP contribution in [0.25, 0.3) is 11.3 Å². The largest absolute Gasteiger partial charge is 0.391 e. The van der Waals surface area contributed by atoms with E-state index in [1.807, 2.05) is 31.2 Å². The number of thiazole rings is 1. The van der Waals surface area contributed by atoms with Gasteiger partial charge in [0.25, 0.3) is 0 Å². The van der Waals surface area contributed by atoms with Crippen molar-refractivity contribution in [1.29, 1.82) is 0 Å². The van der Waals surface area contributed by atoms with Gasteiger partial charge in [-0.15, -0.1) is 11.3 Å². The summed E-state index contributed by atoms with van der Waals surface area (Å²) in [5.74, 6) is 0. The maximum absolute atomic E-state index is 9.20. The van der Waals surface area contributed by atoms with E-state index in [4.69, 9.17) is 0 Å². The van der Waals surface area contributed by atoms with Gasteiger partial charge in [-0.3, -0.25) is 0 Å². The van der Waals surface area contributed by atoms with Crippen molar-refractivity contribution in [3.8, 4) is 11.3 Å². The predicted octanol–water partition coefficient (Wildman–Crippen LogP) is 3.37. The van der Waals surface area contributed by atoms with E-state index < -0.39 is 0 Å². The van der Waals surface area contributed by atoms with Crippen molar-refractivity contribution in [2.75, 3.05) is 0 Å². The first-order valence-corrected chi connectivity index (χ1v) is 6.15. The molecule has 78 valence electrons. The van der Waals surface area contributed by atoms with Gasteiger partial charge in [-0.2, -0.15) is 0 Å². The molecule has 0 spiro atoms. The molecule has 0 saturated carbocycles. The van der Waals surface area contributed by atoms with Gasteiger partial charge >= 0.3 is 0 Å². The molecule has 2 rings (SSSR count). The van der Waals surface area contributed by atoms with Crippen LogP contribution in [0.3, 0.4) is 0 Å². The van der Waals surface area contributed by atoms with Crippen LogP contribution in [-0.2, 0) is 6.61 Å². The fourth-order valence-electron chi connectivity index (χ4n) is 1.37. The molecule has 0 radical (unpaired) electrons. The Morgan fingerprint density at radius 3 is 2.60 bits per heavy atom. The minimum atomic E-state index is 0.0342. The van der Waals surface area contributed by atoms with E-state index in [0.717, 1.165) is 20.1 Å². The Labute approximate surface area is 101 Å². The van der Waals surface area contributed by atoms with Crippen molar-refractivity contribution in [3.05, 3.63) is 38.6 Å². The molecule has 0 amide bonds. The van der Waals surface area contributed by atoms with Crippen molar-refractivity contribution in [3.63, 3.8) is 0 Å². The second kappa shape index (κ2) is 4.43. The van der Waals surface area contributed by atoms with E-state index >= 15 is 0 Å². The number of hydrogen-bond acceptors (Lipinski definition) is 3. The molecular weight excluding hydrogens is 274 g/mol. The number of aromatic nitrogens is 1. The lowest BCUT2D eigenvalue weighted by molar-refractivity contribution is 0.286. The van der Waals surface area contributed by atoms with Gasteiger partial charge in [-0.25, -0.2) is 4.98 Å². The van der Waals surface area contributed by atoms with Crippen LogP contribution in [0.2, 0.25) is 0 Å². The first kappa shape index (κ1) is 10.8. The van der Waals surface area contributed by atoms with Gasteiger partial charge in [-0.1, -0.05) is 29.8 Å². The summed E-state index contributed by atoms with van der Waals surface area (Å²) in [6.45, 7) is 2.08. The molecule has 1 heterocycles. The van der Waals surface area contributed by atoms with Crippen LogP contribution in [0.5, 0.6) is 0 Å². The summed E-state index contributed by atoms with van der Waals surface area (Å²) in [7, 11) is 0. The molecule has 0 saturated heterocycles. The minimum Gasteiger partial charge on any atom is -0.391 e. The van der Waals surface area contributed by atoms with Gasteiger partial charge in [0.05, 0.1) is 17.2 Å². The number of halogens is 1. The van der Waals surface area contributed by atoms with Gasteiger partial charge in [-0.05, 0) is 22.9 Å². The second-order valence-electron chi connectivity index (χ2n) is 3.26. The molecule has 0 aliphatic carbocycles. The standard InChI is InChI=1S/C11H10BrNOS/c1-7-2-4-8(5-3-7)10-9(6-14)15-11(12)13-10/h2-5,14H,6H2,1H3. The number of aliphatic hydroxyl groups is 1. The van der Waals surface area contributed by atoms with Crippen molar-refractivity contribution in [2.24, 2.45) is 0 Å². The lowest BCUT2D eigenvalue weighted by Gasteiger charge is -2.00. The maximum Gasteiger partial charge on any atom is 0.160 e. The second-order valence-corrected chi connectivity index (χ2v) is 5.62. The molecule has 2 aromatic rings. The zero-order valence-corrected chi connectivity index (χ0v) is 10.6. The highest BCUT2D eigenvalue weighted by Crippen LogP contribution is 2.31. The van der Waals surface area contributed by atoms with Crippen LogP contribution in [0.1, 0.15) is 10.4 Å². The Morgan fingerprint density at radius 1 is 1.33 bits per heavy atom. The van der Waals surface area contributed by atoms with Crippen LogP contribution in [0, 0.1) is 6.92 Å². The van der Waals surface area contributed by atoms with E-state index in [2.05, 4.69) is 20.9 Å². The third kappa shape index (κ3) is 2.27. The highest BCUT2D eigenvalue weighted by atomic mass is 79.9. The number of hydrogen-bond donors (Lipinski definition) is 1. The molecule has 2 nitrogen and oxygen atoms in total. The Kier molecular flexibility index (Phi) is 3.19. The molecule has 0 aliphatic rings. The Morgan fingerprint density at radius 2 is 2.00 bits per heavy atom. The fourth-order valence-corrected chi connectivity index (χ4v) is 2.80. The summed E-state index contributed by atoms with van der Waals surface area (Å²) in [5.41, 5.74) is 3.14. The zero-order chi connectivity index (χ0) is 10.8. The van der Waals surface area contributed by atoms with Crippen LogP contribution in [0.15, 0.2) is 28.2 Å². The molecule has 1 aromatic heterocycles. The minimum absolute atomic E-state index is 0.0342. The molecule has 0 bridgehead atoms. The van der Waals surface area contributed by atoms with E-state index in [-0.39, 0.29) is 6.61 Å². The van der Waals surface area contributed by atoms with E-state index in [9.17, 15) is 5.11 Å². The zero-order valence-electron chi connectivity index (χ0n) is 8.20. The Hall–Kier alpha value is -0.710. The first-order chi connectivity index (χ1) is 7.20. The normalized spacial score (nSPS) is 10.6. The summed E-state index contributed by atoms with van der Waals surface area (Å²) < 4.78 is 0.808. The van der Waals surface area contributed by atoms with Gasteiger partial charge in [0, 0.05) is 5.56 Å². The SMILES string of the molecule is Cc1ccc(-c2nc(Br)sc2CO)cc1. The van der Waals surface area contributed by atoms with Crippen molar-refractivity contribution in [2.45, 2.75) is 13.5 Å². The third-order valence-electron chi connectivity index (χ3n) is 2.14. The molecule has 15 heavy (non-hydrogen) atoms. The molecule has 1 aromatic carbocycles. The maximum atomic E-state index is 9.20. The highest BCUT2D eigenvalue weighted by molar-refractivity contribution is 9.11. The number of benzene rings is 1. The summed E-state index contributed by atoms with van der Waals surface area (Å²) in [6.07, 6.45) is 0. The summed E-state index contributed by atoms with van der Waals surface area (Å²) in [5, 5.41) is 9.20. The average Bonchev–Trinajstić information content (AvgIpc) is 2.61. The van der Waals surface area contributed by atoms with Crippen molar-refractivity contribution in [1.82, 2.24) is 4.98 Å². The van der Waals surface area contributed by atoms with Gasteiger partial charge < -0.3 is 5.11 Å². The monoisotopic (exact) mass is 283 g/mol.